The van der Waals surface area contributed by atoms with Crippen molar-refractivity contribution in [1.82, 2.24) is 10.2 Å². The van der Waals surface area contributed by atoms with Crippen LogP contribution < -0.4 is 11.1 Å². The molecule has 0 aromatic rings. The van der Waals surface area contributed by atoms with Crippen molar-refractivity contribution in [3.63, 3.8) is 0 Å². The van der Waals surface area contributed by atoms with Crippen LogP contribution in [0, 0.1) is 5.92 Å². The Morgan fingerprint density at radius 2 is 2.00 bits per heavy atom. The van der Waals surface area contributed by atoms with Gasteiger partial charge in [0.1, 0.15) is 0 Å². The van der Waals surface area contributed by atoms with E-state index in [-0.39, 0.29) is 12.8 Å². The number of rotatable bonds is 4. The van der Waals surface area contributed by atoms with Gasteiger partial charge in [0.25, 0.3) is 0 Å². The van der Waals surface area contributed by atoms with Crippen LogP contribution in [0.4, 0.5) is 13.2 Å². The van der Waals surface area contributed by atoms with Gasteiger partial charge in [-0.15, -0.1) is 0 Å². The monoisotopic (exact) mass is 253 g/mol. The highest BCUT2D eigenvalue weighted by Crippen LogP contribution is 2.33. The Kier molecular flexibility index (Phi) is 4.76. The predicted octanol–water partition coefficient (Wildman–Crippen LogP) is 0.334. The molecule has 1 heterocycles. The summed E-state index contributed by atoms with van der Waals surface area (Å²) in [5, 5.41) is 2.75. The molecular formula is C10H18F3N3O. The van der Waals surface area contributed by atoms with Crippen LogP contribution >= 0.6 is 0 Å². The van der Waals surface area contributed by atoms with E-state index in [1.165, 1.54) is 0 Å². The maximum Gasteiger partial charge on any atom is 0.391 e. The predicted molar refractivity (Wildman–Crippen MR) is 57.3 cm³/mol. The second-order valence-electron chi connectivity index (χ2n) is 4.36. The van der Waals surface area contributed by atoms with Gasteiger partial charge in [-0.25, -0.2) is 0 Å². The van der Waals surface area contributed by atoms with Gasteiger partial charge in [0, 0.05) is 6.54 Å². The quantitative estimate of drug-likeness (QED) is 0.759. The Balaban J connectivity index is 2.39. The molecule has 7 heteroatoms. The topological polar surface area (TPSA) is 58.4 Å². The van der Waals surface area contributed by atoms with E-state index in [0.29, 0.717) is 19.6 Å². The summed E-state index contributed by atoms with van der Waals surface area (Å²) < 4.78 is 37.3. The minimum Gasteiger partial charge on any atom is -0.368 e. The smallest absolute Gasteiger partial charge is 0.368 e. The Hall–Kier alpha value is -0.820. The van der Waals surface area contributed by atoms with Gasteiger partial charge in [0.2, 0.25) is 5.91 Å². The number of halogens is 3. The van der Waals surface area contributed by atoms with Crippen molar-refractivity contribution in [3.8, 4) is 0 Å². The van der Waals surface area contributed by atoms with Crippen LogP contribution in [0.25, 0.3) is 0 Å². The lowest BCUT2D eigenvalue weighted by atomic mass is 9.96. The standard InChI is InChI=1S/C10H18F3N3O/c1-15-8(9(14)17)6-16-4-2-7(3-5-16)10(11,12)13/h7-8,15H,2-6H2,1H3,(H2,14,17). The van der Waals surface area contributed by atoms with E-state index in [2.05, 4.69) is 5.32 Å². The number of likely N-dealkylation sites (N-methyl/N-ethyl adjacent to an activating group) is 1. The lowest BCUT2D eigenvalue weighted by Gasteiger charge is -2.34. The van der Waals surface area contributed by atoms with Crippen LogP contribution in [0.1, 0.15) is 12.8 Å². The minimum atomic E-state index is -4.10. The lowest BCUT2D eigenvalue weighted by Crippen LogP contribution is -2.50. The highest BCUT2D eigenvalue weighted by Gasteiger charge is 2.41. The van der Waals surface area contributed by atoms with Crippen molar-refractivity contribution in [1.29, 1.82) is 0 Å². The van der Waals surface area contributed by atoms with Gasteiger partial charge in [-0.1, -0.05) is 0 Å². The first-order chi connectivity index (χ1) is 7.84. The average molecular weight is 253 g/mol. The fraction of sp³-hybridized carbons (Fsp3) is 0.900. The van der Waals surface area contributed by atoms with Crippen LogP contribution in [-0.2, 0) is 4.79 Å². The minimum absolute atomic E-state index is 0.0959. The van der Waals surface area contributed by atoms with Crippen molar-refractivity contribution in [2.45, 2.75) is 25.1 Å². The van der Waals surface area contributed by atoms with E-state index in [9.17, 15) is 18.0 Å². The molecular weight excluding hydrogens is 235 g/mol. The third kappa shape index (κ3) is 4.16. The zero-order valence-electron chi connectivity index (χ0n) is 9.76. The largest absolute Gasteiger partial charge is 0.391 e. The number of alkyl halides is 3. The molecule has 1 rings (SSSR count). The average Bonchev–Trinajstić information content (AvgIpc) is 2.25. The third-order valence-electron chi connectivity index (χ3n) is 3.18. The molecule has 17 heavy (non-hydrogen) atoms. The molecule has 4 nitrogen and oxygen atoms in total. The molecule has 0 spiro atoms. The number of primary amides is 1. The van der Waals surface area contributed by atoms with E-state index < -0.39 is 24.0 Å². The fourth-order valence-electron chi connectivity index (χ4n) is 2.02. The molecule has 100 valence electrons. The van der Waals surface area contributed by atoms with Crippen LogP contribution in [0.5, 0.6) is 0 Å². The van der Waals surface area contributed by atoms with Gasteiger partial charge in [-0.3, -0.25) is 4.79 Å². The van der Waals surface area contributed by atoms with Crippen LogP contribution in [-0.4, -0.2) is 49.7 Å². The normalized spacial score (nSPS) is 21.4. The molecule has 0 radical (unpaired) electrons. The van der Waals surface area contributed by atoms with E-state index >= 15 is 0 Å². The molecule has 0 bridgehead atoms. The molecule has 0 aliphatic carbocycles. The molecule has 1 saturated heterocycles. The first-order valence-electron chi connectivity index (χ1n) is 5.60. The van der Waals surface area contributed by atoms with Gasteiger partial charge < -0.3 is 16.0 Å². The van der Waals surface area contributed by atoms with Crippen LogP contribution in [0.15, 0.2) is 0 Å². The number of carbonyl (C=O) groups excluding carboxylic acids is 1. The number of carbonyl (C=O) groups is 1. The summed E-state index contributed by atoms with van der Waals surface area (Å²) >= 11 is 0. The number of nitrogens with two attached hydrogens (primary N) is 1. The molecule has 1 aliphatic rings. The van der Waals surface area contributed by atoms with Crippen molar-refractivity contribution >= 4 is 5.91 Å². The van der Waals surface area contributed by atoms with Crippen molar-refractivity contribution in [2.24, 2.45) is 11.7 Å². The zero-order chi connectivity index (χ0) is 13.1. The molecule has 3 N–H and O–H groups in total. The van der Waals surface area contributed by atoms with Crippen LogP contribution in [0.3, 0.4) is 0 Å². The van der Waals surface area contributed by atoms with Crippen molar-refractivity contribution in [2.75, 3.05) is 26.7 Å². The molecule has 1 atom stereocenters. The summed E-state index contributed by atoms with van der Waals surface area (Å²) in [6, 6.07) is -0.502. The van der Waals surface area contributed by atoms with E-state index in [0.717, 1.165) is 0 Å². The van der Waals surface area contributed by atoms with Crippen molar-refractivity contribution in [3.05, 3.63) is 0 Å². The van der Waals surface area contributed by atoms with Gasteiger partial charge >= 0.3 is 6.18 Å². The number of nitrogens with zero attached hydrogens (tertiary/aromatic N) is 1. The zero-order valence-corrected chi connectivity index (χ0v) is 9.76. The Bertz CT molecular complexity index is 262. The number of hydrogen-bond donors (Lipinski definition) is 2. The summed E-state index contributed by atoms with van der Waals surface area (Å²) in [6.07, 6.45) is -3.91. The van der Waals surface area contributed by atoms with E-state index in [1.807, 2.05) is 4.90 Å². The molecule has 1 fully saturated rings. The number of likely N-dealkylation sites (tertiary alicyclic amines) is 1. The van der Waals surface area contributed by atoms with Gasteiger partial charge in [0.15, 0.2) is 0 Å². The number of piperidine rings is 1. The lowest BCUT2D eigenvalue weighted by molar-refractivity contribution is -0.185. The second kappa shape index (κ2) is 5.68. The van der Waals surface area contributed by atoms with Crippen LogP contribution in [0.2, 0.25) is 0 Å². The number of hydrogen-bond acceptors (Lipinski definition) is 3. The Morgan fingerprint density at radius 3 is 2.35 bits per heavy atom. The summed E-state index contributed by atoms with van der Waals surface area (Å²) in [5.74, 6) is -1.69. The maximum atomic E-state index is 12.4. The Morgan fingerprint density at radius 1 is 1.47 bits per heavy atom. The van der Waals surface area contributed by atoms with Gasteiger partial charge in [0.05, 0.1) is 12.0 Å². The van der Waals surface area contributed by atoms with E-state index in [1.54, 1.807) is 7.05 Å². The highest BCUT2D eigenvalue weighted by atomic mass is 19.4. The Labute approximate surface area is 98.3 Å². The second-order valence-corrected chi connectivity index (χ2v) is 4.36. The summed E-state index contributed by atoms with van der Waals surface area (Å²) in [4.78, 5) is 12.8. The fourth-order valence-corrected chi connectivity index (χ4v) is 2.02. The summed E-state index contributed by atoms with van der Waals surface area (Å²) in [5.41, 5.74) is 5.15. The molecule has 0 aromatic carbocycles. The highest BCUT2D eigenvalue weighted by molar-refractivity contribution is 5.80. The molecule has 1 amide bonds. The molecule has 1 unspecified atom stereocenters. The molecule has 1 aliphatic heterocycles. The van der Waals surface area contributed by atoms with E-state index in [4.69, 9.17) is 5.73 Å². The summed E-state index contributed by atoms with van der Waals surface area (Å²) in [6.45, 7) is 1.09. The first-order valence-corrected chi connectivity index (χ1v) is 5.60. The number of amides is 1. The summed E-state index contributed by atoms with van der Waals surface area (Å²) in [7, 11) is 1.61. The van der Waals surface area contributed by atoms with Crippen molar-refractivity contribution < 1.29 is 18.0 Å². The molecule has 0 aromatic heterocycles. The first kappa shape index (κ1) is 14.2. The maximum absolute atomic E-state index is 12.4. The van der Waals surface area contributed by atoms with Gasteiger partial charge in [-0.05, 0) is 33.0 Å². The third-order valence-corrected chi connectivity index (χ3v) is 3.18. The van der Waals surface area contributed by atoms with Gasteiger partial charge in [-0.2, -0.15) is 13.2 Å². The SMILES string of the molecule is CNC(CN1CCC(C(F)(F)F)CC1)C(N)=O. The number of nitrogens with one attached hydrogen (secondary N) is 1. The molecule has 0 saturated carbocycles.